The Hall–Kier alpha value is -3.75. The lowest BCUT2D eigenvalue weighted by atomic mass is 10.1. The van der Waals surface area contributed by atoms with Crippen molar-refractivity contribution in [1.29, 1.82) is 0 Å². The number of benzene rings is 2. The molecular weight excluding hydrogens is 360 g/mol. The number of para-hydroxylation sites is 1. The number of amides is 1. The molecule has 0 saturated carbocycles. The normalized spacial score (nSPS) is 14.1. The number of carbonyl (C=O) groups is 1. The molecule has 2 heterocycles. The molecule has 3 aromatic rings. The number of nitrogens with zero attached hydrogens (tertiary/aromatic N) is 6. The average molecular weight is 378 g/mol. The fraction of sp³-hybridized carbons (Fsp3) is 0.211. The molecule has 0 atom stereocenters. The van der Waals surface area contributed by atoms with Crippen molar-refractivity contribution in [2.45, 2.75) is 0 Å². The Morgan fingerprint density at radius 2 is 1.79 bits per heavy atom. The van der Waals surface area contributed by atoms with E-state index >= 15 is 0 Å². The van der Waals surface area contributed by atoms with Gasteiger partial charge in [0.2, 0.25) is 0 Å². The number of nitro benzene ring substituents is 1. The van der Waals surface area contributed by atoms with Crippen molar-refractivity contribution in [2.24, 2.45) is 0 Å². The maximum atomic E-state index is 12.9. The van der Waals surface area contributed by atoms with Crippen molar-refractivity contribution in [3.63, 3.8) is 0 Å². The summed E-state index contributed by atoms with van der Waals surface area (Å²) in [5.74, 6) is -0.207. The van der Waals surface area contributed by atoms with E-state index < -0.39 is 4.92 Å². The minimum Gasteiger partial charge on any atom is -0.368 e. The number of aromatic nitrogens is 3. The second-order valence-corrected chi connectivity index (χ2v) is 6.42. The van der Waals surface area contributed by atoms with Gasteiger partial charge < -0.3 is 9.80 Å². The second kappa shape index (κ2) is 7.47. The van der Waals surface area contributed by atoms with Crippen LogP contribution in [0.25, 0.3) is 5.69 Å². The van der Waals surface area contributed by atoms with E-state index in [1.54, 1.807) is 11.0 Å². The summed E-state index contributed by atoms with van der Waals surface area (Å²) in [4.78, 5) is 31.6. The van der Waals surface area contributed by atoms with Gasteiger partial charge in [-0.25, -0.2) is 9.67 Å². The number of carbonyl (C=O) groups excluding carboxylic acids is 1. The Kier molecular flexibility index (Phi) is 4.71. The van der Waals surface area contributed by atoms with Gasteiger partial charge in [-0.05, 0) is 24.3 Å². The third kappa shape index (κ3) is 3.41. The van der Waals surface area contributed by atoms with Gasteiger partial charge in [0.25, 0.3) is 11.6 Å². The van der Waals surface area contributed by atoms with Crippen LogP contribution in [-0.2, 0) is 0 Å². The molecular formula is C19H18N6O3. The lowest BCUT2D eigenvalue weighted by Crippen LogP contribution is -2.48. The van der Waals surface area contributed by atoms with Gasteiger partial charge in [-0.3, -0.25) is 14.9 Å². The number of hydrogen-bond acceptors (Lipinski definition) is 6. The molecule has 142 valence electrons. The molecule has 2 aromatic carbocycles. The van der Waals surface area contributed by atoms with Crippen LogP contribution < -0.4 is 4.90 Å². The molecule has 28 heavy (non-hydrogen) atoms. The lowest BCUT2D eigenvalue weighted by molar-refractivity contribution is -0.384. The van der Waals surface area contributed by atoms with E-state index in [1.807, 2.05) is 30.3 Å². The van der Waals surface area contributed by atoms with Crippen LogP contribution in [0.5, 0.6) is 0 Å². The van der Waals surface area contributed by atoms with Crippen LogP contribution in [0, 0.1) is 10.1 Å². The highest BCUT2D eigenvalue weighted by Crippen LogP contribution is 2.25. The van der Waals surface area contributed by atoms with Gasteiger partial charge in [0, 0.05) is 43.5 Å². The van der Waals surface area contributed by atoms with Crippen LogP contribution in [0.3, 0.4) is 0 Å². The topological polar surface area (TPSA) is 97.4 Å². The first-order valence-electron chi connectivity index (χ1n) is 8.86. The second-order valence-electron chi connectivity index (χ2n) is 6.42. The van der Waals surface area contributed by atoms with Gasteiger partial charge in [0.05, 0.1) is 4.92 Å². The summed E-state index contributed by atoms with van der Waals surface area (Å²) in [6.07, 6.45) is 2.68. The van der Waals surface area contributed by atoms with Crippen molar-refractivity contribution >= 4 is 17.3 Å². The van der Waals surface area contributed by atoms with Crippen LogP contribution in [0.15, 0.2) is 61.2 Å². The van der Waals surface area contributed by atoms with E-state index in [4.69, 9.17) is 0 Å². The number of anilines is 1. The molecule has 1 amide bonds. The zero-order valence-electron chi connectivity index (χ0n) is 15.0. The third-order valence-corrected chi connectivity index (χ3v) is 4.77. The molecule has 0 unspecified atom stereocenters. The molecule has 1 aromatic heterocycles. The number of piperazine rings is 1. The predicted molar refractivity (Wildman–Crippen MR) is 103 cm³/mol. The smallest absolute Gasteiger partial charge is 0.295 e. The monoisotopic (exact) mass is 378 g/mol. The SMILES string of the molecule is O=C(c1ccc(-n2cncn2)c([N+](=O)[O-])c1)N1CCN(c2ccccc2)CC1. The molecule has 1 fully saturated rings. The molecule has 0 N–H and O–H groups in total. The molecule has 1 aliphatic rings. The summed E-state index contributed by atoms with van der Waals surface area (Å²) in [5.41, 5.74) is 1.51. The van der Waals surface area contributed by atoms with Gasteiger partial charge in [0.15, 0.2) is 0 Å². The highest BCUT2D eigenvalue weighted by atomic mass is 16.6. The number of hydrogen-bond donors (Lipinski definition) is 0. The minimum absolute atomic E-state index is 0.181. The Morgan fingerprint density at radius 3 is 2.43 bits per heavy atom. The van der Waals surface area contributed by atoms with Gasteiger partial charge in [-0.15, -0.1) is 0 Å². The molecule has 0 radical (unpaired) electrons. The first-order chi connectivity index (χ1) is 13.6. The largest absolute Gasteiger partial charge is 0.368 e. The van der Waals surface area contributed by atoms with Crippen molar-refractivity contribution < 1.29 is 9.72 Å². The first kappa shape index (κ1) is 17.7. The fourth-order valence-corrected chi connectivity index (χ4v) is 3.32. The minimum atomic E-state index is -0.513. The standard InChI is InChI=1S/C19H18N6O3/c26-19(23-10-8-22(9-11-23)16-4-2-1-3-5-16)15-6-7-17(18(12-15)25(27)28)24-14-20-13-21-24/h1-7,12-14H,8-11H2. The van der Waals surface area contributed by atoms with Crippen molar-refractivity contribution in [1.82, 2.24) is 19.7 Å². The Balaban J connectivity index is 1.51. The maximum Gasteiger partial charge on any atom is 0.295 e. The van der Waals surface area contributed by atoms with E-state index in [9.17, 15) is 14.9 Å². The summed E-state index contributed by atoms with van der Waals surface area (Å²) in [6.45, 7) is 2.56. The maximum absolute atomic E-state index is 12.9. The molecule has 9 heteroatoms. The summed E-state index contributed by atoms with van der Waals surface area (Å²) < 4.78 is 1.31. The third-order valence-electron chi connectivity index (χ3n) is 4.77. The van der Waals surface area contributed by atoms with E-state index in [2.05, 4.69) is 15.0 Å². The highest BCUT2D eigenvalue weighted by Gasteiger charge is 2.25. The highest BCUT2D eigenvalue weighted by molar-refractivity contribution is 5.95. The quantitative estimate of drug-likeness (QED) is 0.510. The van der Waals surface area contributed by atoms with Crippen LogP contribution in [0.1, 0.15) is 10.4 Å². The van der Waals surface area contributed by atoms with Crippen LogP contribution in [0.4, 0.5) is 11.4 Å². The van der Waals surface area contributed by atoms with E-state index in [1.165, 1.54) is 29.5 Å². The Morgan fingerprint density at radius 1 is 1.04 bits per heavy atom. The van der Waals surface area contributed by atoms with Crippen molar-refractivity contribution in [2.75, 3.05) is 31.1 Å². The zero-order chi connectivity index (χ0) is 19.5. The Labute approximate surface area is 161 Å². The zero-order valence-corrected chi connectivity index (χ0v) is 15.0. The Bertz CT molecular complexity index is 982. The molecule has 4 rings (SSSR count). The summed E-state index contributed by atoms with van der Waals surface area (Å²) in [5, 5.41) is 15.4. The van der Waals surface area contributed by atoms with Crippen LogP contribution >= 0.6 is 0 Å². The van der Waals surface area contributed by atoms with Gasteiger partial charge >= 0.3 is 0 Å². The van der Waals surface area contributed by atoms with Gasteiger partial charge in [-0.2, -0.15) is 5.10 Å². The summed E-state index contributed by atoms with van der Waals surface area (Å²) in [7, 11) is 0. The van der Waals surface area contributed by atoms with Gasteiger partial charge in [0.1, 0.15) is 18.3 Å². The molecule has 0 bridgehead atoms. The summed E-state index contributed by atoms with van der Waals surface area (Å²) >= 11 is 0. The van der Waals surface area contributed by atoms with Crippen molar-refractivity contribution in [3.05, 3.63) is 76.9 Å². The van der Waals surface area contributed by atoms with E-state index in [0.717, 1.165) is 18.8 Å². The van der Waals surface area contributed by atoms with Crippen LogP contribution in [-0.4, -0.2) is 56.7 Å². The molecule has 9 nitrogen and oxygen atoms in total. The van der Waals surface area contributed by atoms with Crippen LogP contribution in [0.2, 0.25) is 0 Å². The fourth-order valence-electron chi connectivity index (χ4n) is 3.32. The predicted octanol–water partition coefficient (Wildman–Crippen LogP) is 2.14. The molecule has 1 saturated heterocycles. The van der Waals surface area contributed by atoms with Gasteiger partial charge in [-0.1, -0.05) is 18.2 Å². The molecule has 0 spiro atoms. The average Bonchev–Trinajstić information content (AvgIpc) is 3.28. The number of rotatable bonds is 4. The number of nitro groups is 1. The van der Waals surface area contributed by atoms with Crippen molar-refractivity contribution in [3.8, 4) is 5.69 Å². The van der Waals surface area contributed by atoms with E-state index in [0.29, 0.717) is 18.7 Å². The lowest BCUT2D eigenvalue weighted by Gasteiger charge is -2.36. The molecule has 0 aliphatic carbocycles. The first-order valence-corrected chi connectivity index (χ1v) is 8.86. The summed E-state index contributed by atoms with van der Waals surface area (Å²) in [6, 6.07) is 14.5. The van der Waals surface area contributed by atoms with E-state index in [-0.39, 0.29) is 17.3 Å². The molecule has 1 aliphatic heterocycles.